The van der Waals surface area contributed by atoms with E-state index in [1.807, 2.05) is 25.9 Å². The molecule has 0 aliphatic carbocycles. The summed E-state index contributed by atoms with van der Waals surface area (Å²) in [6.45, 7) is 2.22. The van der Waals surface area contributed by atoms with Gasteiger partial charge >= 0.3 is 36.0 Å². The van der Waals surface area contributed by atoms with Crippen LogP contribution in [0.15, 0.2) is 12.2 Å². The van der Waals surface area contributed by atoms with Crippen LogP contribution in [-0.4, -0.2) is 149 Å². The summed E-state index contributed by atoms with van der Waals surface area (Å²) in [5.41, 5.74) is 0. The minimum absolute atomic E-state index is 0.00375. The molecule has 0 saturated carbocycles. The van der Waals surface area contributed by atoms with Crippen molar-refractivity contribution in [2.24, 2.45) is 0 Å². The van der Waals surface area contributed by atoms with E-state index in [2.05, 4.69) is 0 Å². The number of rotatable bonds is 38. The number of aliphatic hydroxyl groups is 1. The molecular formula is C43H80N2O17PS+. The second-order valence-corrected chi connectivity index (χ2v) is 20.5. The largest absolute Gasteiger partial charge is 0.472 e. The van der Waals surface area contributed by atoms with Crippen molar-refractivity contribution in [3.63, 3.8) is 0 Å². The van der Waals surface area contributed by atoms with Gasteiger partial charge in [0.25, 0.3) is 0 Å². The summed E-state index contributed by atoms with van der Waals surface area (Å²) >= 11 is 0. The number of likely N-dealkylation sites (N-methyl/N-ethyl adjacent to an activating group) is 1. The Morgan fingerprint density at radius 3 is 2.05 bits per heavy atom. The van der Waals surface area contributed by atoms with Crippen LogP contribution in [0.5, 0.6) is 0 Å². The number of unbranched alkanes of at least 4 members (excludes halogenated alkanes) is 14. The number of ether oxygens (including phenoxy) is 6. The van der Waals surface area contributed by atoms with Crippen molar-refractivity contribution >= 4 is 36.0 Å². The molecule has 0 aromatic heterocycles. The normalized spacial score (nSPS) is 22.0. The lowest BCUT2D eigenvalue weighted by atomic mass is 9.93. The average Bonchev–Trinajstić information content (AvgIpc) is 3.49. The molecule has 2 saturated heterocycles. The van der Waals surface area contributed by atoms with Gasteiger partial charge < -0.3 is 42.9 Å². The van der Waals surface area contributed by atoms with Crippen LogP contribution in [0.4, 0.5) is 0 Å². The smallest absolute Gasteiger partial charge is 0.462 e. The monoisotopic (exact) mass is 959 g/mol. The number of nitrogens with one attached hydrogen (secondary N) is 1. The van der Waals surface area contributed by atoms with Gasteiger partial charge in [-0.2, -0.15) is 13.1 Å². The standard InChI is InChI=1S/C43H79N2O17PS/c1-35(47)56-33-38(34-58-63(50,51)57-30-28-45(3,4)5)60-42(49)24-20-16-14-15-19-23-39-40-25-26-41(59-36(2)48)43(61-39,62-40)27-21-17-12-10-8-6-7-9-11-13-18-22-29-55-32-37(31-46)44-64(52,53)54/h20,24,37-41,44,46H,6-19,21-23,25-34H2,1-5H3,(H-,50,51,52,53,54)/p+1/b24-20+/t37?,38?,39-,40+,41+,43+/m1/s1. The van der Waals surface area contributed by atoms with Gasteiger partial charge in [0.15, 0.2) is 12.2 Å². The first kappa shape index (κ1) is 58.1. The van der Waals surface area contributed by atoms with Crippen LogP contribution in [0.25, 0.3) is 0 Å². The van der Waals surface area contributed by atoms with Crippen molar-refractivity contribution in [1.29, 1.82) is 0 Å². The SMILES string of the molecule is CC(=O)OCC(COP(=O)(O)OCC[N+](C)(C)C)OC(=O)/C=C/CCCCC[C@H]1O[C@@]2(CCCCCCCCCCCCCCOCC(CO)NS(=O)(=O)O)O[C@H]1CC[C@@H]2OC(C)=O. The van der Waals surface area contributed by atoms with Gasteiger partial charge in [-0.3, -0.25) is 23.2 Å². The van der Waals surface area contributed by atoms with Gasteiger partial charge in [0.1, 0.15) is 19.8 Å². The predicted molar refractivity (Wildman–Crippen MR) is 237 cm³/mol. The predicted octanol–water partition coefficient (Wildman–Crippen LogP) is 5.85. The maximum atomic E-state index is 12.5. The molecule has 2 aliphatic rings. The zero-order valence-corrected chi connectivity index (χ0v) is 40.7. The van der Waals surface area contributed by atoms with Crippen LogP contribution < -0.4 is 4.72 Å². The molecule has 0 aromatic rings. The van der Waals surface area contributed by atoms with Gasteiger partial charge in [0.2, 0.25) is 5.79 Å². The van der Waals surface area contributed by atoms with Crippen LogP contribution in [-0.2, 0) is 66.7 Å². The van der Waals surface area contributed by atoms with Gasteiger partial charge in [0, 0.05) is 33.0 Å². The van der Waals surface area contributed by atoms with Gasteiger partial charge in [-0.1, -0.05) is 83.1 Å². The first-order valence-electron chi connectivity index (χ1n) is 23.1. The molecule has 374 valence electrons. The van der Waals surface area contributed by atoms with Crippen LogP contribution in [0.3, 0.4) is 0 Å². The third-order valence-electron chi connectivity index (χ3n) is 10.9. The molecule has 2 rings (SSSR count). The number of hydrogen-bond acceptors (Lipinski definition) is 15. The van der Waals surface area contributed by atoms with Crippen LogP contribution in [0.2, 0.25) is 0 Å². The molecule has 0 radical (unpaired) electrons. The van der Waals surface area contributed by atoms with Crippen molar-refractivity contribution in [2.75, 3.05) is 67.3 Å². The minimum atomic E-state index is -4.42. The molecule has 0 aromatic carbocycles. The molecule has 4 N–H and O–H groups in total. The fourth-order valence-corrected chi connectivity index (χ4v) is 8.84. The minimum Gasteiger partial charge on any atom is -0.462 e. The number of nitrogens with zero attached hydrogens (tertiary/aromatic N) is 1. The summed E-state index contributed by atoms with van der Waals surface area (Å²) in [5.74, 6) is -2.56. The second-order valence-electron chi connectivity index (χ2n) is 17.9. The Hall–Kier alpha value is -2.07. The van der Waals surface area contributed by atoms with Crippen molar-refractivity contribution in [3.05, 3.63) is 12.2 Å². The van der Waals surface area contributed by atoms with E-state index in [-0.39, 0.29) is 38.0 Å². The lowest BCUT2D eigenvalue weighted by Crippen LogP contribution is -2.49. The van der Waals surface area contributed by atoms with Crippen molar-refractivity contribution in [3.8, 4) is 0 Å². The number of esters is 3. The average molecular weight is 960 g/mol. The molecule has 2 fully saturated rings. The van der Waals surface area contributed by atoms with Crippen LogP contribution in [0, 0.1) is 0 Å². The first-order chi connectivity index (χ1) is 30.2. The highest BCUT2D eigenvalue weighted by Gasteiger charge is 2.56. The Labute approximate surface area is 381 Å². The van der Waals surface area contributed by atoms with Crippen molar-refractivity contribution in [1.82, 2.24) is 4.72 Å². The maximum Gasteiger partial charge on any atom is 0.472 e. The highest BCUT2D eigenvalue weighted by atomic mass is 32.2. The van der Waals surface area contributed by atoms with Crippen molar-refractivity contribution < 1.29 is 83.9 Å². The molecule has 19 nitrogen and oxygen atoms in total. The Kier molecular flexibility index (Phi) is 28.2. The van der Waals surface area contributed by atoms with E-state index in [4.69, 9.17) is 47.1 Å². The Bertz CT molecular complexity index is 1530. The number of aliphatic hydroxyl groups excluding tert-OH is 1. The topological polar surface area (TPSA) is 249 Å². The number of hydrogen-bond donors (Lipinski definition) is 4. The molecule has 2 heterocycles. The molecule has 64 heavy (non-hydrogen) atoms. The van der Waals surface area contributed by atoms with E-state index >= 15 is 0 Å². The third kappa shape index (κ3) is 27.5. The van der Waals surface area contributed by atoms with Crippen LogP contribution in [0.1, 0.15) is 142 Å². The highest BCUT2D eigenvalue weighted by molar-refractivity contribution is 7.83. The third-order valence-corrected chi connectivity index (χ3v) is 12.5. The molecule has 3 unspecified atom stereocenters. The first-order valence-corrected chi connectivity index (χ1v) is 26.0. The van der Waals surface area contributed by atoms with Gasteiger partial charge in [-0.05, 0) is 44.9 Å². The van der Waals surface area contributed by atoms with Gasteiger partial charge in [0.05, 0.1) is 59.2 Å². The zero-order chi connectivity index (χ0) is 47.5. The Balaban J connectivity index is 1.63. The molecule has 0 amide bonds. The molecular weight excluding hydrogens is 880 g/mol. The van der Waals surface area contributed by atoms with E-state index < -0.39 is 67.3 Å². The fourth-order valence-electron chi connectivity index (χ4n) is 7.54. The second kappa shape index (κ2) is 31.1. The summed E-state index contributed by atoms with van der Waals surface area (Å²) in [6, 6.07) is -0.860. The van der Waals surface area contributed by atoms with E-state index in [9.17, 15) is 32.3 Å². The molecule has 21 heteroatoms. The van der Waals surface area contributed by atoms with Crippen molar-refractivity contribution in [2.45, 2.75) is 179 Å². The highest BCUT2D eigenvalue weighted by Crippen LogP contribution is 2.46. The number of quaternary nitrogens is 1. The van der Waals surface area contributed by atoms with E-state index in [0.29, 0.717) is 36.9 Å². The van der Waals surface area contributed by atoms with E-state index in [1.165, 1.54) is 45.6 Å². The van der Waals surface area contributed by atoms with Crippen LogP contribution >= 0.6 is 7.82 Å². The Morgan fingerprint density at radius 1 is 0.828 bits per heavy atom. The Morgan fingerprint density at radius 2 is 1.45 bits per heavy atom. The zero-order valence-electron chi connectivity index (χ0n) is 39.0. The summed E-state index contributed by atoms with van der Waals surface area (Å²) in [4.78, 5) is 45.9. The lowest BCUT2D eigenvalue weighted by molar-refractivity contribution is -0.870. The summed E-state index contributed by atoms with van der Waals surface area (Å²) in [6.07, 6.45) is 20.6. The molecule has 2 aliphatic heterocycles. The lowest BCUT2D eigenvalue weighted by Gasteiger charge is -2.38. The molecule has 0 spiro atoms. The van der Waals surface area contributed by atoms with E-state index in [0.717, 1.165) is 83.5 Å². The number of carbonyl (C=O) groups is 3. The fraction of sp³-hybridized carbons (Fsp3) is 0.884. The molecule has 2 bridgehead atoms. The number of phosphoric acid groups is 1. The van der Waals surface area contributed by atoms with E-state index in [1.54, 1.807) is 6.08 Å². The molecule has 7 atom stereocenters. The van der Waals surface area contributed by atoms with Gasteiger partial charge in [-0.15, -0.1) is 0 Å². The quantitative estimate of drug-likeness (QED) is 0.0108. The summed E-state index contributed by atoms with van der Waals surface area (Å²) in [7, 11) is -3.08. The summed E-state index contributed by atoms with van der Waals surface area (Å²) in [5, 5.41) is 9.16. The number of carbonyl (C=O) groups excluding carboxylic acids is 3. The number of phosphoric ester groups is 1. The maximum absolute atomic E-state index is 12.5. The summed E-state index contributed by atoms with van der Waals surface area (Å²) < 4.78 is 89.8. The van der Waals surface area contributed by atoms with Gasteiger partial charge in [-0.25, -0.2) is 9.36 Å². The number of allylic oxidation sites excluding steroid dienone is 1. The number of fused-ring (bicyclic) bond motifs is 2.